The van der Waals surface area contributed by atoms with E-state index >= 15 is 0 Å². The molecule has 1 aliphatic heterocycles. The molecule has 1 amide bonds. The molecule has 2 rings (SSSR count). The topological polar surface area (TPSA) is 83.6 Å². The third kappa shape index (κ3) is 1.58. The molecule has 1 N–H and O–H groups in total. The molecule has 0 aliphatic carbocycles. The van der Waals surface area contributed by atoms with Gasteiger partial charge in [0.2, 0.25) is 5.76 Å². The van der Waals surface area contributed by atoms with Crippen LogP contribution in [0.2, 0.25) is 0 Å². The van der Waals surface area contributed by atoms with Crippen molar-refractivity contribution in [1.82, 2.24) is 10.1 Å². The molecule has 0 bridgehead atoms. The largest absolute Gasteiger partial charge is 0.480 e. The maximum Gasteiger partial charge on any atom is 0.326 e. The maximum absolute atomic E-state index is 11.7. The molecule has 1 atom stereocenters. The quantitative estimate of drug-likeness (QED) is 0.758. The van der Waals surface area contributed by atoms with E-state index in [4.69, 9.17) is 9.63 Å². The van der Waals surface area contributed by atoms with Gasteiger partial charge in [-0.1, -0.05) is 5.16 Å². The summed E-state index contributed by atoms with van der Waals surface area (Å²) in [6.45, 7) is 2.15. The summed E-state index contributed by atoms with van der Waals surface area (Å²) in [5.41, 5.74) is 0.603. The highest BCUT2D eigenvalue weighted by atomic mass is 16.5. The number of aliphatic carboxylic acids is 1. The number of carboxylic acids is 1. The Morgan fingerprint density at radius 2 is 2.40 bits per heavy atom. The number of amides is 1. The van der Waals surface area contributed by atoms with E-state index in [2.05, 4.69) is 5.16 Å². The third-order valence-corrected chi connectivity index (χ3v) is 2.40. The first-order valence-electron chi connectivity index (χ1n) is 4.56. The lowest BCUT2D eigenvalue weighted by Gasteiger charge is -2.36. The standard InChI is InChI=1S/C9H10N2O4/c1-5-4-7(15-10-5)8(12)11-3-2-6(11)9(13)14/h4,6H,2-3H2,1H3,(H,13,14). The fourth-order valence-corrected chi connectivity index (χ4v) is 1.49. The first-order valence-corrected chi connectivity index (χ1v) is 4.56. The van der Waals surface area contributed by atoms with Gasteiger partial charge in [-0.2, -0.15) is 0 Å². The molecule has 0 spiro atoms. The van der Waals surface area contributed by atoms with Crippen LogP contribution in [0.1, 0.15) is 22.7 Å². The molecule has 0 saturated carbocycles. The monoisotopic (exact) mass is 210 g/mol. The summed E-state index contributed by atoms with van der Waals surface area (Å²) >= 11 is 0. The highest BCUT2D eigenvalue weighted by molar-refractivity contribution is 5.95. The van der Waals surface area contributed by atoms with Gasteiger partial charge in [-0.3, -0.25) is 4.79 Å². The zero-order valence-electron chi connectivity index (χ0n) is 8.14. The van der Waals surface area contributed by atoms with Gasteiger partial charge in [-0.25, -0.2) is 4.79 Å². The van der Waals surface area contributed by atoms with Crippen molar-refractivity contribution in [1.29, 1.82) is 0 Å². The third-order valence-electron chi connectivity index (χ3n) is 2.40. The van der Waals surface area contributed by atoms with E-state index in [1.165, 1.54) is 11.0 Å². The Morgan fingerprint density at radius 3 is 2.80 bits per heavy atom. The molecular formula is C9H10N2O4. The molecule has 6 heteroatoms. The van der Waals surface area contributed by atoms with E-state index < -0.39 is 17.9 Å². The van der Waals surface area contributed by atoms with E-state index in [0.29, 0.717) is 18.7 Å². The fourth-order valence-electron chi connectivity index (χ4n) is 1.49. The summed E-state index contributed by atoms with van der Waals surface area (Å²) in [5.74, 6) is -1.29. The lowest BCUT2D eigenvalue weighted by Crippen LogP contribution is -2.55. The zero-order valence-corrected chi connectivity index (χ0v) is 8.14. The van der Waals surface area contributed by atoms with Crippen LogP contribution < -0.4 is 0 Å². The Kier molecular flexibility index (Phi) is 2.18. The maximum atomic E-state index is 11.7. The number of hydrogen-bond acceptors (Lipinski definition) is 4. The number of aromatic nitrogens is 1. The summed E-state index contributed by atoms with van der Waals surface area (Å²) in [6, 6.07) is 0.780. The summed E-state index contributed by atoms with van der Waals surface area (Å²) < 4.78 is 4.78. The van der Waals surface area contributed by atoms with Crippen molar-refractivity contribution in [2.45, 2.75) is 19.4 Å². The minimum absolute atomic E-state index is 0.0958. The number of carbonyl (C=O) groups excluding carboxylic acids is 1. The minimum atomic E-state index is -0.981. The van der Waals surface area contributed by atoms with Crippen molar-refractivity contribution < 1.29 is 19.2 Å². The first-order chi connectivity index (χ1) is 7.09. The molecule has 1 aromatic rings. The van der Waals surface area contributed by atoms with Crippen LogP contribution in [0.3, 0.4) is 0 Å². The lowest BCUT2D eigenvalue weighted by atomic mass is 10.0. The Morgan fingerprint density at radius 1 is 1.67 bits per heavy atom. The number of carbonyl (C=O) groups is 2. The number of rotatable bonds is 2. The predicted octanol–water partition coefficient (Wildman–Crippen LogP) is 0.282. The number of hydrogen-bond donors (Lipinski definition) is 1. The van der Waals surface area contributed by atoms with E-state index in [9.17, 15) is 9.59 Å². The van der Waals surface area contributed by atoms with Crippen LogP contribution >= 0.6 is 0 Å². The summed E-state index contributed by atoms with van der Waals surface area (Å²) in [6.07, 6.45) is 0.494. The molecule has 1 fully saturated rings. The van der Waals surface area contributed by atoms with E-state index in [1.807, 2.05) is 0 Å². The van der Waals surface area contributed by atoms with Crippen molar-refractivity contribution in [2.75, 3.05) is 6.54 Å². The second-order valence-corrected chi connectivity index (χ2v) is 3.47. The van der Waals surface area contributed by atoms with E-state index in [0.717, 1.165) is 0 Å². The molecule has 1 aromatic heterocycles. The van der Waals surface area contributed by atoms with Gasteiger partial charge in [-0.05, 0) is 13.3 Å². The van der Waals surface area contributed by atoms with Crippen molar-refractivity contribution in [3.63, 3.8) is 0 Å². The van der Waals surface area contributed by atoms with E-state index in [1.54, 1.807) is 6.92 Å². The van der Waals surface area contributed by atoms with Crippen molar-refractivity contribution in [3.8, 4) is 0 Å². The number of carboxylic acid groups (broad SMARTS) is 1. The number of nitrogens with zero attached hydrogens (tertiary/aromatic N) is 2. The molecule has 15 heavy (non-hydrogen) atoms. The Hall–Kier alpha value is -1.85. The molecule has 6 nitrogen and oxygen atoms in total. The van der Waals surface area contributed by atoms with Gasteiger partial charge in [0.25, 0.3) is 5.91 Å². The minimum Gasteiger partial charge on any atom is -0.480 e. The molecular weight excluding hydrogens is 200 g/mol. The molecule has 0 radical (unpaired) electrons. The Balaban J connectivity index is 2.12. The van der Waals surface area contributed by atoms with Crippen molar-refractivity contribution in [3.05, 3.63) is 17.5 Å². The average Bonchev–Trinajstić information content (AvgIpc) is 2.48. The molecule has 1 aliphatic rings. The summed E-state index contributed by atoms with van der Waals surface area (Å²) in [4.78, 5) is 23.6. The van der Waals surface area contributed by atoms with Crippen LogP contribution in [0, 0.1) is 6.92 Å². The van der Waals surface area contributed by atoms with Crippen LogP contribution in [0.5, 0.6) is 0 Å². The average molecular weight is 210 g/mol. The summed E-state index contributed by atoms with van der Waals surface area (Å²) in [5, 5.41) is 12.3. The fraction of sp³-hybridized carbons (Fsp3) is 0.444. The molecule has 80 valence electrons. The Bertz CT molecular complexity index is 412. The molecule has 1 unspecified atom stereocenters. The predicted molar refractivity (Wildman–Crippen MR) is 48.3 cm³/mol. The number of likely N-dealkylation sites (tertiary alicyclic amines) is 1. The smallest absolute Gasteiger partial charge is 0.326 e. The summed E-state index contributed by atoms with van der Waals surface area (Å²) in [7, 11) is 0. The first kappa shape index (κ1) is 9.70. The van der Waals surface area contributed by atoms with E-state index in [-0.39, 0.29) is 5.76 Å². The Labute approximate surface area is 85.5 Å². The van der Waals surface area contributed by atoms with Crippen LogP contribution in [-0.2, 0) is 4.79 Å². The van der Waals surface area contributed by atoms with Gasteiger partial charge in [-0.15, -0.1) is 0 Å². The van der Waals surface area contributed by atoms with Crippen LogP contribution in [-0.4, -0.2) is 39.6 Å². The van der Waals surface area contributed by atoms with Crippen LogP contribution in [0.25, 0.3) is 0 Å². The van der Waals surface area contributed by atoms with Crippen molar-refractivity contribution in [2.24, 2.45) is 0 Å². The van der Waals surface area contributed by atoms with Gasteiger partial charge in [0, 0.05) is 12.6 Å². The molecule has 1 saturated heterocycles. The van der Waals surface area contributed by atoms with Gasteiger partial charge >= 0.3 is 5.97 Å². The lowest BCUT2D eigenvalue weighted by molar-refractivity contribution is -0.146. The number of aryl methyl sites for hydroxylation is 1. The highest BCUT2D eigenvalue weighted by Gasteiger charge is 2.39. The second-order valence-electron chi connectivity index (χ2n) is 3.47. The van der Waals surface area contributed by atoms with Gasteiger partial charge in [0.15, 0.2) is 0 Å². The zero-order chi connectivity index (χ0) is 11.0. The van der Waals surface area contributed by atoms with Gasteiger partial charge in [0.05, 0.1) is 5.69 Å². The van der Waals surface area contributed by atoms with Crippen molar-refractivity contribution >= 4 is 11.9 Å². The van der Waals surface area contributed by atoms with Crippen LogP contribution in [0.4, 0.5) is 0 Å². The molecule has 0 aromatic carbocycles. The SMILES string of the molecule is Cc1cc(C(=O)N2CCC2C(=O)O)on1. The normalized spacial score (nSPS) is 19.8. The van der Waals surface area contributed by atoms with Gasteiger partial charge in [0.1, 0.15) is 6.04 Å². The second kappa shape index (κ2) is 3.38. The van der Waals surface area contributed by atoms with Gasteiger partial charge < -0.3 is 14.5 Å². The van der Waals surface area contributed by atoms with Crippen LogP contribution in [0.15, 0.2) is 10.6 Å². The highest BCUT2D eigenvalue weighted by Crippen LogP contribution is 2.20. The molecule has 2 heterocycles.